The average Bonchev–Trinajstić information content (AvgIpc) is 2.30. The Morgan fingerprint density at radius 3 is 2.53 bits per heavy atom. The molecule has 0 fully saturated rings. The van der Waals surface area contributed by atoms with Crippen LogP contribution in [0.4, 0.5) is 0 Å². The summed E-state index contributed by atoms with van der Waals surface area (Å²) in [7, 11) is 1.70. The average molecular weight is 282 g/mol. The zero-order valence-corrected chi connectivity index (χ0v) is 13.7. The van der Waals surface area contributed by atoms with E-state index in [-0.39, 0.29) is 10.8 Å². The normalized spacial score (nSPS) is 13.4. The summed E-state index contributed by atoms with van der Waals surface area (Å²) in [6.45, 7) is 10.7. The lowest BCUT2D eigenvalue weighted by Crippen LogP contribution is -2.28. The van der Waals surface area contributed by atoms with Gasteiger partial charge in [0.2, 0.25) is 0 Å². The molecule has 0 radical (unpaired) electrons. The molecule has 1 rings (SSSR count). The molecule has 1 aromatic rings. The molecule has 1 aromatic heterocycles. The first kappa shape index (κ1) is 16.3. The zero-order valence-electron chi connectivity index (χ0n) is 12.9. The quantitative estimate of drug-likeness (QED) is 0.901. The van der Waals surface area contributed by atoms with Crippen molar-refractivity contribution in [2.24, 2.45) is 5.73 Å². The Balaban J connectivity index is 2.72. The lowest BCUT2D eigenvalue weighted by atomic mass is 10.1. The predicted octanol–water partition coefficient (Wildman–Crippen LogP) is 3.11. The zero-order chi connectivity index (χ0) is 14.6. The molecule has 0 saturated heterocycles. The summed E-state index contributed by atoms with van der Waals surface area (Å²) in [6, 6.07) is 0.128. The first-order valence-electron chi connectivity index (χ1n) is 6.63. The van der Waals surface area contributed by atoms with Crippen LogP contribution in [0.25, 0.3) is 0 Å². The van der Waals surface area contributed by atoms with Crippen LogP contribution in [0.3, 0.4) is 0 Å². The summed E-state index contributed by atoms with van der Waals surface area (Å²) in [5.74, 6) is 1.88. The highest BCUT2D eigenvalue weighted by Gasteiger charge is 2.16. The molecule has 1 heterocycles. The van der Waals surface area contributed by atoms with Gasteiger partial charge in [-0.1, -0.05) is 20.8 Å². The van der Waals surface area contributed by atoms with Crippen molar-refractivity contribution in [2.45, 2.75) is 51.8 Å². The van der Waals surface area contributed by atoms with Crippen molar-refractivity contribution in [2.75, 3.05) is 12.9 Å². The number of hydrogen-bond donors (Lipinski definition) is 1. The van der Waals surface area contributed by atoms with Gasteiger partial charge < -0.3 is 10.5 Å². The van der Waals surface area contributed by atoms with Crippen molar-refractivity contribution in [3.8, 4) is 5.75 Å². The molecule has 0 aliphatic rings. The molecule has 0 bridgehead atoms. The minimum absolute atomic E-state index is 0.128. The Kier molecular flexibility index (Phi) is 5.68. The van der Waals surface area contributed by atoms with Gasteiger partial charge in [0.05, 0.1) is 7.11 Å². The molecule has 3 nitrogen and oxygen atoms in total. The maximum Gasteiger partial charge on any atom is 0.128 e. The standard InChI is InChI=1S/C15H26N2OS/c1-10-8-17-13(11(2)14(10)18-6)7-12(16)9-19-15(3,4)5/h8,12H,7,9,16H2,1-6H3. The van der Waals surface area contributed by atoms with Gasteiger partial charge in [0.25, 0.3) is 0 Å². The second-order valence-corrected chi connectivity index (χ2v) is 7.78. The van der Waals surface area contributed by atoms with Crippen molar-refractivity contribution >= 4 is 11.8 Å². The Bertz CT molecular complexity index is 427. The van der Waals surface area contributed by atoms with Gasteiger partial charge in [0.1, 0.15) is 5.75 Å². The molecule has 2 N–H and O–H groups in total. The highest BCUT2D eigenvalue weighted by atomic mass is 32.2. The minimum Gasteiger partial charge on any atom is -0.496 e. The summed E-state index contributed by atoms with van der Waals surface area (Å²) < 4.78 is 5.68. The van der Waals surface area contributed by atoms with Crippen LogP contribution < -0.4 is 10.5 Å². The molecule has 0 amide bonds. The number of aromatic nitrogens is 1. The molecular weight excluding hydrogens is 256 g/mol. The minimum atomic E-state index is 0.128. The number of rotatable bonds is 5. The summed E-state index contributed by atoms with van der Waals surface area (Å²) in [5.41, 5.74) is 9.44. The number of thioether (sulfide) groups is 1. The van der Waals surface area contributed by atoms with Gasteiger partial charge in [0.15, 0.2) is 0 Å². The molecule has 1 atom stereocenters. The maximum atomic E-state index is 6.21. The van der Waals surface area contributed by atoms with E-state index < -0.39 is 0 Å². The van der Waals surface area contributed by atoms with Crippen LogP contribution in [-0.4, -0.2) is 28.6 Å². The van der Waals surface area contributed by atoms with E-state index >= 15 is 0 Å². The van der Waals surface area contributed by atoms with E-state index in [4.69, 9.17) is 10.5 Å². The van der Waals surface area contributed by atoms with Crippen molar-refractivity contribution < 1.29 is 4.74 Å². The second-order valence-electron chi connectivity index (χ2n) is 5.93. The maximum absolute atomic E-state index is 6.21. The molecule has 108 valence electrons. The fourth-order valence-corrected chi connectivity index (χ4v) is 2.77. The first-order valence-corrected chi connectivity index (χ1v) is 7.61. The molecule has 0 spiro atoms. The molecule has 0 aliphatic carbocycles. The molecule has 0 aliphatic heterocycles. The number of hydrogen-bond acceptors (Lipinski definition) is 4. The van der Waals surface area contributed by atoms with Crippen LogP contribution >= 0.6 is 11.8 Å². The molecule has 19 heavy (non-hydrogen) atoms. The van der Waals surface area contributed by atoms with Crippen LogP contribution in [0.1, 0.15) is 37.6 Å². The number of nitrogens with two attached hydrogens (primary N) is 1. The van der Waals surface area contributed by atoms with E-state index in [1.54, 1.807) is 7.11 Å². The van der Waals surface area contributed by atoms with Gasteiger partial charge in [-0.3, -0.25) is 4.98 Å². The van der Waals surface area contributed by atoms with E-state index in [9.17, 15) is 0 Å². The monoisotopic (exact) mass is 282 g/mol. The largest absolute Gasteiger partial charge is 0.496 e. The van der Waals surface area contributed by atoms with E-state index in [0.717, 1.165) is 34.7 Å². The Hall–Kier alpha value is -0.740. The Morgan fingerprint density at radius 2 is 2.00 bits per heavy atom. The molecule has 0 aromatic carbocycles. The third kappa shape index (κ3) is 5.03. The summed E-state index contributed by atoms with van der Waals surface area (Å²) in [6.07, 6.45) is 2.66. The molecule has 0 saturated carbocycles. The van der Waals surface area contributed by atoms with Crippen LogP contribution in [0.15, 0.2) is 6.20 Å². The highest BCUT2D eigenvalue weighted by molar-refractivity contribution is 8.00. The van der Waals surface area contributed by atoms with Gasteiger partial charge in [-0.2, -0.15) is 11.8 Å². The molecule has 4 heteroatoms. The van der Waals surface area contributed by atoms with Gasteiger partial charge >= 0.3 is 0 Å². The topological polar surface area (TPSA) is 48.1 Å². The lowest BCUT2D eigenvalue weighted by molar-refractivity contribution is 0.406. The Labute approximate surface area is 121 Å². The lowest BCUT2D eigenvalue weighted by Gasteiger charge is -2.21. The van der Waals surface area contributed by atoms with E-state index in [1.807, 2.05) is 24.9 Å². The summed E-state index contributed by atoms with van der Waals surface area (Å²) in [4.78, 5) is 4.50. The third-order valence-corrected chi connectivity index (χ3v) is 4.40. The third-order valence-electron chi connectivity index (χ3n) is 2.94. The van der Waals surface area contributed by atoms with Crippen LogP contribution in [0.5, 0.6) is 5.75 Å². The number of pyridine rings is 1. The van der Waals surface area contributed by atoms with Gasteiger partial charge in [0, 0.05) is 46.0 Å². The number of aryl methyl sites for hydroxylation is 1. The number of ether oxygens (including phenoxy) is 1. The van der Waals surface area contributed by atoms with Gasteiger partial charge in [-0.05, 0) is 13.8 Å². The fraction of sp³-hybridized carbons (Fsp3) is 0.667. The smallest absolute Gasteiger partial charge is 0.128 e. The van der Waals surface area contributed by atoms with Crippen LogP contribution in [0.2, 0.25) is 0 Å². The van der Waals surface area contributed by atoms with Gasteiger partial charge in [-0.15, -0.1) is 0 Å². The first-order chi connectivity index (χ1) is 8.74. The Morgan fingerprint density at radius 1 is 1.37 bits per heavy atom. The second kappa shape index (κ2) is 6.62. The van der Waals surface area contributed by atoms with E-state index in [2.05, 4.69) is 32.7 Å². The van der Waals surface area contributed by atoms with Crippen molar-refractivity contribution in [1.82, 2.24) is 4.98 Å². The summed E-state index contributed by atoms with van der Waals surface area (Å²) in [5, 5.41) is 0. The van der Waals surface area contributed by atoms with E-state index in [0.29, 0.717) is 0 Å². The molecule has 1 unspecified atom stereocenters. The van der Waals surface area contributed by atoms with Crippen molar-refractivity contribution in [3.63, 3.8) is 0 Å². The fourth-order valence-electron chi connectivity index (χ4n) is 1.94. The van der Waals surface area contributed by atoms with Crippen molar-refractivity contribution in [1.29, 1.82) is 0 Å². The van der Waals surface area contributed by atoms with Gasteiger partial charge in [-0.25, -0.2) is 0 Å². The number of nitrogens with zero attached hydrogens (tertiary/aromatic N) is 1. The summed E-state index contributed by atoms with van der Waals surface area (Å²) >= 11 is 1.90. The number of methoxy groups -OCH3 is 1. The highest BCUT2D eigenvalue weighted by Crippen LogP contribution is 2.26. The predicted molar refractivity (Wildman–Crippen MR) is 84.2 cm³/mol. The SMILES string of the molecule is COc1c(C)cnc(CC(N)CSC(C)(C)C)c1C. The van der Waals surface area contributed by atoms with Crippen LogP contribution in [0, 0.1) is 13.8 Å². The van der Waals surface area contributed by atoms with Crippen LogP contribution in [-0.2, 0) is 6.42 Å². The van der Waals surface area contributed by atoms with Crippen molar-refractivity contribution in [3.05, 3.63) is 23.0 Å². The van der Waals surface area contributed by atoms with E-state index in [1.165, 1.54) is 0 Å². The molecular formula is C15H26N2OS.